The van der Waals surface area contributed by atoms with E-state index in [0.717, 1.165) is 9.37 Å². The van der Waals surface area contributed by atoms with E-state index in [1.54, 1.807) is 42.5 Å². The van der Waals surface area contributed by atoms with Crippen molar-refractivity contribution < 1.29 is 14.7 Å². The molecule has 0 aromatic heterocycles. The van der Waals surface area contributed by atoms with Gasteiger partial charge >= 0.3 is 0 Å². The van der Waals surface area contributed by atoms with Crippen molar-refractivity contribution >= 4 is 33.4 Å². The largest absolute Gasteiger partial charge is 0.392 e. The summed E-state index contributed by atoms with van der Waals surface area (Å²) in [6.45, 7) is -0.229. The molecule has 0 bridgehead atoms. The molecule has 0 spiro atoms. The molecule has 0 saturated heterocycles. The van der Waals surface area contributed by atoms with Crippen LogP contribution in [0.3, 0.4) is 0 Å². The fourth-order valence-corrected chi connectivity index (χ4v) is 2.66. The summed E-state index contributed by atoms with van der Waals surface area (Å²) < 4.78 is 0.745. The van der Waals surface area contributed by atoms with Gasteiger partial charge in [-0.3, -0.25) is 9.59 Å². The van der Waals surface area contributed by atoms with E-state index in [1.165, 1.54) is 0 Å². The maximum atomic E-state index is 12.4. The number of anilines is 1. The zero-order valence-electron chi connectivity index (χ0n) is 10.3. The number of imide groups is 1. The van der Waals surface area contributed by atoms with E-state index in [1.807, 2.05) is 0 Å². The highest BCUT2D eigenvalue weighted by Gasteiger charge is 2.37. The first kappa shape index (κ1) is 13.0. The van der Waals surface area contributed by atoms with Crippen LogP contribution in [0, 0.1) is 0 Å². The van der Waals surface area contributed by atoms with E-state index in [9.17, 15) is 14.7 Å². The fraction of sp³-hybridized carbons (Fsp3) is 0.0667. The summed E-state index contributed by atoms with van der Waals surface area (Å²) in [5.74, 6) is -0.731. The Morgan fingerprint density at radius 1 is 1.00 bits per heavy atom. The van der Waals surface area contributed by atoms with Crippen molar-refractivity contribution in [3.63, 3.8) is 0 Å². The number of carbonyl (C=O) groups is 2. The second kappa shape index (κ2) is 4.85. The van der Waals surface area contributed by atoms with Gasteiger partial charge < -0.3 is 5.11 Å². The summed E-state index contributed by atoms with van der Waals surface area (Å²) in [5, 5.41) is 9.36. The number of para-hydroxylation sites is 1. The van der Waals surface area contributed by atoms with Gasteiger partial charge in [-0.25, -0.2) is 4.90 Å². The van der Waals surface area contributed by atoms with Crippen molar-refractivity contribution in [3.05, 3.63) is 63.6 Å². The van der Waals surface area contributed by atoms with E-state index >= 15 is 0 Å². The second-order valence-corrected chi connectivity index (χ2v) is 5.34. The summed E-state index contributed by atoms with van der Waals surface area (Å²) >= 11 is 3.29. The molecule has 0 radical (unpaired) electrons. The van der Waals surface area contributed by atoms with Crippen LogP contribution in [-0.2, 0) is 6.61 Å². The van der Waals surface area contributed by atoms with Crippen LogP contribution in [0.25, 0.3) is 0 Å². The lowest BCUT2D eigenvalue weighted by molar-refractivity contribution is 0.0925. The highest BCUT2D eigenvalue weighted by atomic mass is 79.9. The number of aliphatic hydroxyl groups is 1. The molecular weight excluding hydrogens is 322 g/mol. The molecule has 2 amide bonds. The minimum absolute atomic E-state index is 0.229. The predicted molar refractivity (Wildman–Crippen MR) is 77.6 cm³/mol. The normalized spacial score (nSPS) is 13.8. The first-order valence-electron chi connectivity index (χ1n) is 6.00. The monoisotopic (exact) mass is 331 g/mol. The summed E-state index contributed by atoms with van der Waals surface area (Å²) in [4.78, 5) is 25.9. The minimum Gasteiger partial charge on any atom is -0.392 e. The number of aliphatic hydroxyl groups excluding tert-OH is 1. The van der Waals surface area contributed by atoms with Gasteiger partial charge in [0.25, 0.3) is 11.8 Å². The standard InChI is InChI=1S/C15H10BrNO3/c16-10-5-6-11-12(7-10)15(20)17(14(11)19)13-4-2-1-3-9(13)8-18/h1-7,18H,8H2. The molecule has 0 saturated carbocycles. The molecule has 4 nitrogen and oxygen atoms in total. The Hall–Kier alpha value is -1.98. The van der Waals surface area contributed by atoms with Gasteiger partial charge in [0.15, 0.2) is 0 Å². The van der Waals surface area contributed by atoms with Crippen molar-refractivity contribution in [3.8, 4) is 0 Å². The summed E-state index contributed by atoms with van der Waals surface area (Å²) in [6.07, 6.45) is 0. The third kappa shape index (κ3) is 1.87. The zero-order chi connectivity index (χ0) is 14.3. The molecule has 0 unspecified atom stereocenters. The molecule has 100 valence electrons. The molecule has 2 aromatic rings. The smallest absolute Gasteiger partial charge is 0.266 e. The van der Waals surface area contributed by atoms with Crippen LogP contribution in [0.15, 0.2) is 46.9 Å². The van der Waals surface area contributed by atoms with Gasteiger partial charge in [0.1, 0.15) is 0 Å². The molecule has 1 N–H and O–H groups in total. The van der Waals surface area contributed by atoms with Crippen molar-refractivity contribution in [2.75, 3.05) is 4.90 Å². The van der Waals surface area contributed by atoms with Crippen LogP contribution in [0.5, 0.6) is 0 Å². The third-order valence-corrected chi connectivity index (χ3v) is 3.74. The van der Waals surface area contributed by atoms with Crippen LogP contribution >= 0.6 is 15.9 Å². The van der Waals surface area contributed by atoms with E-state index in [0.29, 0.717) is 22.4 Å². The second-order valence-electron chi connectivity index (χ2n) is 4.42. The van der Waals surface area contributed by atoms with Crippen LogP contribution in [0.2, 0.25) is 0 Å². The van der Waals surface area contributed by atoms with Crippen molar-refractivity contribution in [2.45, 2.75) is 6.61 Å². The maximum Gasteiger partial charge on any atom is 0.266 e. The van der Waals surface area contributed by atoms with Crippen molar-refractivity contribution in [1.82, 2.24) is 0 Å². The van der Waals surface area contributed by atoms with Gasteiger partial charge in [-0.05, 0) is 24.3 Å². The fourth-order valence-electron chi connectivity index (χ4n) is 2.29. The highest BCUT2D eigenvalue weighted by molar-refractivity contribution is 9.10. The minimum atomic E-state index is -0.368. The van der Waals surface area contributed by atoms with Gasteiger partial charge in [0.2, 0.25) is 0 Å². The SMILES string of the molecule is O=C1c2ccc(Br)cc2C(=O)N1c1ccccc1CO. The van der Waals surface area contributed by atoms with Crippen molar-refractivity contribution in [2.24, 2.45) is 0 Å². The Morgan fingerprint density at radius 3 is 2.45 bits per heavy atom. The lowest BCUT2D eigenvalue weighted by Gasteiger charge is -2.16. The number of amides is 2. The van der Waals surface area contributed by atoms with E-state index in [-0.39, 0.29) is 18.4 Å². The van der Waals surface area contributed by atoms with Gasteiger partial charge in [0.05, 0.1) is 23.4 Å². The van der Waals surface area contributed by atoms with Crippen LogP contribution in [0.1, 0.15) is 26.3 Å². The Morgan fingerprint density at radius 2 is 1.70 bits per heavy atom. The number of carbonyl (C=O) groups excluding carboxylic acids is 2. The molecule has 5 heteroatoms. The summed E-state index contributed by atoms with van der Waals surface area (Å²) in [6, 6.07) is 11.8. The number of nitrogens with zero attached hydrogens (tertiary/aromatic N) is 1. The molecule has 1 aliphatic rings. The lowest BCUT2D eigenvalue weighted by Crippen LogP contribution is -2.30. The van der Waals surface area contributed by atoms with Crippen molar-refractivity contribution in [1.29, 1.82) is 0 Å². The number of hydrogen-bond acceptors (Lipinski definition) is 3. The molecule has 0 atom stereocenters. The summed E-state index contributed by atoms with van der Waals surface area (Å²) in [7, 11) is 0. The topological polar surface area (TPSA) is 57.6 Å². The molecule has 0 aliphatic carbocycles. The highest BCUT2D eigenvalue weighted by Crippen LogP contribution is 2.32. The Kier molecular flexibility index (Phi) is 3.16. The Labute approximate surface area is 123 Å². The molecule has 0 fully saturated rings. The Balaban J connectivity index is 2.14. The third-order valence-electron chi connectivity index (χ3n) is 3.25. The van der Waals surface area contributed by atoms with Crippen LogP contribution < -0.4 is 4.90 Å². The number of hydrogen-bond donors (Lipinski definition) is 1. The average Bonchev–Trinajstić information content (AvgIpc) is 2.70. The Bertz CT molecular complexity index is 727. The predicted octanol–water partition coefficient (Wildman–Crippen LogP) is 2.74. The van der Waals surface area contributed by atoms with E-state index in [4.69, 9.17) is 0 Å². The average molecular weight is 332 g/mol. The number of rotatable bonds is 2. The molecule has 1 aliphatic heterocycles. The lowest BCUT2D eigenvalue weighted by atomic mass is 10.1. The molecule has 1 heterocycles. The van der Waals surface area contributed by atoms with Gasteiger partial charge in [-0.15, -0.1) is 0 Å². The van der Waals surface area contributed by atoms with Crippen LogP contribution in [0.4, 0.5) is 5.69 Å². The maximum absolute atomic E-state index is 12.4. The molecule has 20 heavy (non-hydrogen) atoms. The first-order valence-corrected chi connectivity index (χ1v) is 6.80. The quantitative estimate of drug-likeness (QED) is 0.861. The first-order chi connectivity index (χ1) is 9.63. The number of benzene rings is 2. The number of fused-ring (bicyclic) bond motifs is 1. The van der Waals surface area contributed by atoms with Gasteiger partial charge in [0, 0.05) is 10.0 Å². The number of halogens is 1. The van der Waals surface area contributed by atoms with Crippen LogP contribution in [-0.4, -0.2) is 16.9 Å². The molecule has 2 aromatic carbocycles. The van der Waals surface area contributed by atoms with Gasteiger partial charge in [-0.2, -0.15) is 0 Å². The van der Waals surface area contributed by atoms with E-state index in [2.05, 4.69) is 15.9 Å². The molecular formula is C15H10BrNO3. The van der Waals surface area contributed by atoms with E-state index < -0.39 is 0 Å². The molecule has 3 rings (SSSR count). The summed E-state index contributed by atoms with van der Waals surface area (Å²) in [5.41, 5.74) is 1.72. The van der Waals surface area contributed by atoms with Gasteiger partial charge in [-0.1, -0.05) is 34.1 Å². The zero-order valence-corrected chi connectivity index (χ0v) is 11.9.